The number of ether oxygens (including phenoxy) is 1. The zero-order valence-electron chi connectivity index (χ0n) is 13.7. The zero-order chi connectivity index (χ0) is 17.1. The van der Waals surface area contributed by atoms with Crippen LogP contribution in [0.25, 0.3) is 5.57 Å². The van der Waals surface area contributed by atoms with Crippen molar-refractivity contribution in [2.45, 2.75) is 26.5 Å². The maximum Gasteiger partial charge on any atom is 0.217 e. The summed E-state index contributed by atoms with van der Waals surface area (Å²) in [5.74, 6) is 0.365. The van der Waals surface area contributed by atoms with Crippen LogP contribution in [0, 0.1) is 5.82 Å². The van der Waals surface area contributed by atoms with Gasteiger partial charge in [0.1, 0.15) is 24.5 Å². The van der Waals surface area contributed by atoms with Gasteiger partial charge >= 0.3 is 0 Å². The minimum atomic E-state index is -0.310. The molecule has 0 saturated carbocycles. The lowest BCUT2D eigenvalue weighted by atomic mass is 10.2. The number of nitrogens with zero attached hydrogens (tertiary/aromatic N) is 3. The Labute approximate surface area is 140 Å². The maximum absolute atomic E-state index is 13.6. The average molecular weight is 329 g/mol. The number of benzene rings is 1. The lowest BCUT2D eigenvalue weighted by molar-refractivity contribution is 0.256. The van der Waals surface area contributed by atoms with Crippen LogP contribution in [0.15, 0.2) is 42.4 Å². The quantitative estimate of drug-likeness (QED) is 0.913. The van der Waals surface area contributed by atoms with Gasteiger partial charge in [0.15, 0.2) is 0 Å². The lowest BCUT2D eigenvalue weighted by Crippen LogP contribution is -2.29. The fourth-order valence-electron chi connectivity index (χ4n) is 2.58. The van der Waals surface area contributed by atoms with E-state index in [4.69, 9.17) is 4.74 Å². The van der Waals surface area contributed by atoms with Gasteiger partial charge in [0.05, 0.1) is 12.2 Å². The molecule has 0 amide bonds. The molecule has 0 radical (unpaired) electrons. The van der Waals surface area contributed by atoms with Crippen LogP contribution in [0.1, 0.15) is 25.1 Å². The molecule has 24 heavy (non-hydrogen) atoms. The molecule has 0 aliphatic carbocycles. The van der Waals surface area contributed by atoms with E-state index < -0.39 is 0 Å². The SMILES string of the molecule is CC(C)N1CC(O)=C(c2cc(OCc3ccccc3F)ncn2)C1. The molecule has 1 aromatic carbocycles. The minimum Gasteiger partial charge on any atom is -0.511 e. The molecule has 1 aromatic heterocycles. The van der Waals surface area contributed by atoms with Crippen LogP contribution in [0.3, 0.4) is 0 Å². The van der Waals surface area contributed by atoms with E-state index in [0.717, 1.165) is 5.57 Å². The molecule has 0 unspecified atom stereocenters. The summed E-state index contributed by atoms with van der Waals surface area (Å²) in [5, 5.41) is 10.2. The second kappa shape index (κ2) is 6.97. The highest BCUT2D eigenvalue weighted by Crippen LogP contribution is 2.26. The van der Waals surface area contributed by atoms with Crippen LogP contribution < -0.4 is 4.74 Å². The topological polar surface area (TPSA) is 58.5 Å². The van der Waals surface area contributed by atoms with Gasteiger partial charge in [-0.05, 0) is 19.9 Å². The second-order valence-electron chi connectivity index (χ2n) is 6.05. The van der Waals surface area contributed by atoms with Gasteiger partial charge in [-0.3, -0.25) is 4.90 Å². The molecule has 2 heterocycles. The van der Waals surface area contributed by atoms with Crippen molar-refractivity contribution in [1.29, 1.82) is 0 Å². The van der Waals surface area contributed by atoms with Crippen molar-refractivity contribution < 1.29 is 14.2 Å². The fourth-order valence-corrected chi connectivity index (χ4v) is 2.58. The van der Waals surface area contributed by atoms with Crippen molar-refractivity contribution in [2.75, 3.05) is 13.1 Å². The van der Waals surface area contributed by atoms with E-state index in [1.807, 2.05) is 0 Å². The summed E-state index contributed by atoms with van der Waals surface area (Å²) in [5.41, 5.74) is 1.88. The summed E-state index contributed by atoms with van der Waals surface area (Å²) in [6.07, 6.45) is 1.39. The standard InChI is InChI=1S/C18H20FN3O2/c1-12(2)22-8-14(17(23)9-22)16-7-18(21-11-20-16)24-10-13-5-3-4-6-15(13)19/h3-7,11-12,23H,8-10H2,1-2H3. The summed E-state index contributed by atoms with van der Waals surface area (Å²) in [7, 11) is 0. The number of hydrogen-bond donors (Lipinski definition) is 1. The third kappa shape index (κ3) is 3.54. The molecule has 1 aliphatic rings. The number of halogens is 1. The fraction of sp³-hybridized carbons (Fsp3) is 0.333. The van der Waals surface area contributed by atoms with Crippen molar-refractivity contribution in [3.05, 3.63) is 59.5 Å². The van der Waals surface area contributed by atoms with Gasteiger partial charge in [-0.15, -0.1) is 0 Å². The van der Waals surface area contributed by atoms with Gasteiger partial charge < -0.3 is 9.84 Å². The van der Waals surface area contributed by atoms with Gasteiger partial charge in [0.25, 0.3) is 0 Å². The highest BCUT2D eigenvalue weighted by molar-refractivity contribution is 5.68. The minimum absolute atomic E-state index is 0.0896. The third-order valence-corrected chi connectivity index (χ3v) is 4.08. The van der Waals surface area contributed by atoms with Crippen LogP contribution in [-0.2, 0) is 6.61 Å². The third-order valence-electron chi connectivity index (χ3n) is 4.08. The number of aliphatic hydroxyl groups excluding tert-OH is 1. The number of rotatable bonds is 5. The Morgan fingerprint density at radius 1 is 1.25 bits per heavy atom. The highest BCUT2D eigenvalue weighted by Gasteiger charge is 2.25. The van der Waals surface area contributed by atoms with E-state index in [0.29, 0.717) is 42.0 Å². The summed E-state index contributed by atoms with van der Waals surface area (Å²) >= 11 is 0. The Bertz CT molecular complexity index is 761. The predicted molar refractivity (Wildman–Crippen MR) is 89.0 cm³/mol. The van der Waals surface area contributed by atoms with E-state index in [-0.39, 0.29) is 12.4 Å². The molecular formula is C18H20FN3O2. The smallest absolute Gasteiger partial charge is 0.217 e. The van der Waals surface area contributed by atoms with Crippen LogP contribution >= 0.6 is 0 Å². The summed E-state index contributed by atoms with van der Waals surface area (Å²) in [4.78, 5) is 10.4. The molecule has 1 aliphatic heterocycles. The number of aromatic nitrogens is 2. The first-order chi connectivity index (χ1) is 11.5. The molecule has 0 bridgehead atoms. The monoisotopic (exact) mass is 329 g/mol. The second-order valence-corrected chi connectivity index (χ2v) is 6.05. The van der Waals surface area contributed by atoms with Gasteiger partial charge in [0, 0.05) is 29.8 Å². The number of hydrogen-bond acceptors (Lipinski definition) is 5. The molecule has 5 nitrogen and oxygen atoms in total. The number of aliphatic hydroxyl groups is 1. The van der Waals surface area contributed by atoms with Crippen molar-refractivity contribution in [3.8, 4) is 5.88 Å². The normalized spacial score (nSPS) is 15.3. The van der Waals surface area contributed by atoms with Gasteiger partial charge in [0.2, 0.25) is 5.88 Å². The van der Waals surface area contributed by atoms with E-state index in [1.54, 1.807) is 24.3 Å². The van der Waals surface area contributed by atoms with Crippen molar-refractivity contribution in [2.24, 2.45) is 0 Å². The summed E-state index contributed by atoms with van der Waals surface area (Å²) in [6, 6.07) is 8.47. The Balaban J connectivity index is 1.73. The molecule has 1 N–H and O–H groups in total. The van der Waals surface area contributed by atoms with Crippen molar-refractivity contribution in [1.82, 2.24) is 14.9 Å². The van der Waals surface area contributed by atoms with Crippen LogP contribution in [0.4, 0.5) is 4.39 Å². The molecule has 3 rings (SSSR count). The molecular weight excluding hydrogens is 309 g/mol. The van der Waals surface area contributed by atoms with Crippen LogP contribution in [0.2, 0.25) is 0 Å². The molecule has 6 heteroatoms. The van der Waals surface area contributed by atoms with Crippen LogP contribution in [-0.4, -0.2) is 39.1 Å². The largest absolute Gasteiger partial charge is 0.511 e. The average Bonchev–Trinajstić information content (AvgIpc) is 2.97. The predicted octanol–water partition coefficient (Wildman–Crippen LogP) is 3.19. The molecule has 0 spiro atoms. The van der Waals surface area contributed by atoms with Crippen LogP contribution in [0.5, 0.6) is 5.88 Å². The maximum atomic E-state index is 13.6. The summed E-state index contributed by atoms with van der Waals surface area (Å²) < 4.78 is 19.2. The summed E-state index contributed by atoms with van der Waals surface area (Å²) in [6.45, 7) is 5.40. The Morgan fingerprint density at radius 2 is 2.04 bits per heavy atom. The van der Waals surface area contributed by atoms with Gasteiger partial charge in [-0.2, -0.15) is 0 Å². The zero-order valence-corrected chi connectivity index (χ0v) is 13.7. The van der Waals surface area contributed by atoms with Gasteiger partial charge in [-0.1, -0.05) is 18.2 Å². The molecule has 126 valence electrons. The molecule has 2 aromatic rings. The van der Waals surface area contributed by atoms with Gasteiger partial charge in [-0.25, -0.2) is 14.4 Å². The Morgan fingerprint density at radius 3 is 2.75 bits per heavy atom. The van der Waals surface area contributed by atoms with E-state index in [9.17, 15) is 9.50 Å². The van der Waals surface area contributed by atoms with Crippen molar-refractivity contribution in [3.63, 3.8) is 0 Å². The molecule has 0 fully saturated rings. The first-order valence-corrected chi connectivity index (χ1v) is 7.88. The van der Waals surface area contributed by atoms with E-state index in [2.05, 4.69) is 28.7 Å². The molecule has 0 saturated heterocycles. The molecule has 0 atom stereocenters. The first kappa shape index (κ1) is 16.4. The highest BCUT2D eigenvalue weighted by atomic mass is 19.1. The lowest BCUT2D eigenvalue weighted by Gasteiger charge is -2.19. The first-order valence-electron chi connectivity index (χ1n) is 7.88. The van der Waals surface area contributed by atoms with E-state index >= 15 is 0 Å². The Hall–Kier alpha value is -2.47. The Kier molecular flexibility index (Phi) is 4.76. The van der Waals surface area contributed by atoms with E-state index in [1.165, 1.54) is 12.4 Å². The van der Waals surface area contributed by atoms with Crippen molar-refractivity contribution >= 4 is 5.57 Å².